The van der Waals surface area contributed by atoms with E-state index in [1.165, 1.54) is 4.31 Å². The van der Waals surface area contributed by atoms with E-state index in [1.807, 2.05) is 25.1 Å². The van der Waals surface area contributed by atoms with Crippen molar-refractivity contribution < 1.29 is 8.42 Å². The van der Waals surface area contributed by atoms with Gasteiger partial charge in [-0.1, -0.05) is 6.07 Å². The zero-order chi connectivity index (χ0) is 14.6. The lowest BCUT2D eigenvalue weighted by molar-refractivity contribution is 0.232. The third-order valence-corrected chi connectivity index (χ3v) is 5.70. The molecule has 0 atom stereocenters. The van der Waals surface area contributed by atoms with E-state index in [9.17, 15) is 8.42 Å². The summed E-state index contributed by atoms with van der Waals surface area (Å²) >= 11 is 0. The summed E-state index contributed by atoms with van der Waals surface area (Å²) in [6, 6.07) is 7.78. The molecule has 1 aromatic heterocycles. The normalized spacial score (nSPS) is 19.4. The number of pyridine rings is 1. The van der Waals surface area contributed by atoms with Gasteiger partial charge in [0.1, 0.15) is 0 Å². The first-order valence-corrected chi connectivity index (χ1v) is 8.35. The molecule has 1 aliphatic rings. The Morgan fingerprint density at radius 2 is 2.10 bits per heavy atom. The summed E-state index contributed by atoms with van der Waals surface area (Å²) in [6.45, 7) is 2.77. The first-order valence-electron chi connectivity index (χ1n) is 6.74. The van der Waals surface area contributed by atoms with Gasteiger partial charge in [-0.15, -0.1) is 0 Å². The summed E-state index contributed by atoms with van der Waals surface area (Å²) in [7, 11) is -3.26. The maximum atomic E-state index is 12.3. The number of hydrogen-bond donors (Lipinski definition) is 0. The number of nitriles is 1. The molecule has 0 aromatic carbocycles. The first kappa shape index (κ1) is 14.9. The third-order valence-electron chi connectivity index (χ3n) is 3.83. The van der Waals surface area contributed by atoms with Crippen LogP contribution in [-0.2, 0) is 16.4 Å². The molecule has 0 radical (unpaired) electrons. The molecular weight excluding hydrogens is 274 g/mol. The molecule has 0 aliphatic carbocycles. The molecule has 1 saturated heterocycles. The van der Waals surface area contributed by atoms with E-state index < -0.39 is 10.0 Å². The van der Waals surface area contributed by atoms with Crippen molar-refractivity contribution in [1.82, 2.24) is 9.29 Å². The Labute approximate surface area is 120 Å². The number of aromatic nitrogens is 1. The predicted molar refractivity (Wildman–Crippen MR) is 76.3 cm³/mol. The van der Waals surface area contributed by atoms with Gasteiger partial charge in [0.15, 0.2) is 0 Å². The van der Waals surface area contributed by atoms with Crippen LogP contribution in [-0.4, -0.2) is 36.5 Å². The van der Waals surface area contributed by atoms with E-state index in [2.05, 4.69) is 11.1 Å². The summed E-state index contributed by atoms with van der Waals surface area (Å²) in [6.07, 6.45) is 3.30. The molecule has 0 N–H and O–H groups in total. The Bertz CT molecular complexity index is 585. The molecule has 1 fully saturated rings. The molecule has 2 heterocycles. The SMILES string of the molecule is CC1(C#N)CCN(S(=O)(=O)CCc2ccccn2)CC1. The lowest BCUT2D eigenvalue weighted by Gasteiger charge is -2.34. The summed E-state index contributed by atoms with van der Waals surface area (Å²) < 4.78 is 26.1. The van der Waals surface area contributed by atoms with Crippen LogP contribution in [0, 0.1) is 16.7 Å². The average molecular weight is 293 g/mol. The minimum atomic E-state index is -3.26. The van der Waals surface area contributed by atoms with Gasteiger partial charge < -0.3 is 0 Å². The summed E-state index contributed by atoms with van der Waals surface area (Å²) in [5.74, 6) is 0.0767. The number of sulfonamides is 1. The predicted octanol–water partition coefficient (Wildman–Crippen LogP) is 1.58. The third kappa shape index (κ3) is 3.56. The van der Waals surface area contributed by atoms with Crippen LogP contribution in [0.1, 0.15) is 25.5 Å². The number of hydrogen-bond acceptors (Lipinski definition) is 4. The minimum Gasteiger partial charge on any atom is -0.261 e. The monoisotopic (exact) mass is 293 g/mol. The molecule has 0 unspecified atom stereocenters. The molecule has 5 nitrogen and oxygen atoms in total. The van der Waals surface area contributed by atoms with Crippen molar-refractivity contribution in [2.75, 3.05) is 18.8 Å². The second-order valence-electron chi connectivity index (χ2n) is 5.46. The van der Waals surface area contributed by atoms with Crippen molar-refractivity contribution in [2.24, 2.45) is 5.41 Å². The fourth-order valence-electron chi connectivity index (χ4n) is 2.28. The molecule has 108 valence electrons. The van der Waals surface area contributed by atoms with Gasteiger partial charge in [-0.25, -0.2) is 12.7 Å². The molecule has 6 heteroatoms. The van der Waals surface area contributed by atoms with Gasteiger partial charge in [0.05, 0.1) is 17.2 Å². The number of nitrogens with zero attached hydrogens (tertiary/aromatic N) is 3. The van der Waals surface area contributed by atoms with Gasteiger partial charge in [-0.2, -0.15) is 5.26 Å². The molecular formula is C14H19N3O2S. The van der Waals surface area contributed by atoms with Gasteiger partial charge in [0, 0.05) is 31.4 Å². The molecule has 0 spiro atoms. The number of rotatable bonds is 4. The van der Waals surface area contributed by atoms with Gasteiger partial charge >= 0.3 is 0 Å². The number of piperidine rings is 1. The highest BCUT2D eigenvalue weighted by Crippen LogP contribution is 2.30. The quantitative estimate of drug-likeness (QED) is 0.844. The Hall–Kier alpha value is -1.45. The Morgan fingerprint density at radius 3 is 2.65 bits per heavy atom. The van der Waals surface area contributed by atoms with Gasteiger partial charge in [-0.05, 0) is 31.9 Å². The van der Waals surface area contributed by atoms with Crippen molar-refractivity contribution in [3.8, 4) is 6.07 Å². The van der Waals surface area contributed by atoms with E-state index in [0.717, 1.165) is 5.69 Å². The lowest BCUT2D eigenvalue weighted by atomic mass is 9.83. The van der Waals surface area contributed by atoms with Crippen molar-refractivity contribution in [3.05, 3.63) is 30.1 Å². The van der Waals surface area contributed by atoms with Crippen LogP contribution in [0.15, 0.2) is 24.4 Å². The zero-order valence-corrected chi connectivity index (χ0v) is 12.4. The Kier molecular flexibility index (Phi) is 4.41. The Balaban J connectivity index is 1.94. The van der Waals surface area contributed by atoms with E-state index in [4.69, 9.17) is 5.26 Å². The largest absolute Gasteiger partial charge is 0.261 e. The van der Waals surface area contributed by atoms with E-state index in [0.29, 0.717) is 32.4 Å². The fourth-order valence-corrected chi connectivity index (χ4v) is 3.74. The standard InChI is InChI=1S/C14H19N3O2S/c1-14(12-15)6-9-17(10-7-14)20(18,19)11-5-13-4-2-3-8-16-13/h2-4,8H,5-7,9-11H2,1H3. The van der Waals surface area contributed by atoms with Crippen molar-refractivity contribution in [2.45, 2.75) is 26.2 Å². The van der Waals surface area contributed by atoms with Crippen LogP contribution in [0.3, 0.4) is 0 Å². The van der Waals surface area contributed by atoms with E-state index in [-0.39, 0.29) is 11.2 Å². The molecule has 2 rings (SSSR count). The van der Waals surface area contributed by atoms with E-state index >= 15 is 0 Å². The highest BCUT2D eigenvalue weighted by molar-refractivity contribution is 7.89. The van der Waals surface area contributed by atoms with Crippen LogP contribution in [0.2, 0.25) is 0 Å². The summed E-state index contributed by atoms with van der Waals surface area (Å²) in [5.41, 5.74) is 0.405. The lowest BCUT2D eigenvalue weighted by Crippen LogP contribution is -2.42. The summed E-state index contributed by atoms with van der Waals surface area (Å²) in [5, 5.41) is 9.07. The summed E-state index contributed by atoms with van der Waals surface area (Å²) in [4.78, 5) is 4.14. The second kappa shape index (κ2) is 5.90. The molecule has 0 amide bonds. The van der Waals surface area contributed by atoms with Gasteiger partial charge in [0.25, 0.3) is 0 Å². The zero-order valence-electron chi connectivity index (χ0n) is 11.6. The minimum absolute atomic E-state index is 0.0767. The van der Waals surface area contributed by atoms with Crippen LogP contribution in [0.25, 0.3) is 0 Å². The maximum absolute atomic E-state index is 12.3. The highest BCUT2D eigenvalue weighted by Gasteiger charge is 2.34. The van der Waals surface area contributed by atoms with Crippen molar-refractivity contribution >= 4 is 10.0 Å². The smallest absolute Gasteiger partial charge is 0.214 e. The molecule has 20 heavy (non-hydrogen) atoms. The maximum Gasteiger partial charge on any atom is 0.214 e. The average Bonchev–Trinajstić information content (AvgIpc) is 2.47. The molecule has 1 aliphatic heterocycles. The van der Waals surface area contributed by atoms with E-state index in [1.54, 1.807) is 6.20 Å². The van der Waals surface area contributed by atoms with Gasteiger partial charge in [0.2, 0.25) is 10.0 Å². The highest BCUT2D eigenvalue weighted by atomic mass is 32.2. The van der Waals surface area contributed by atoms with Crippen molar-refractivity contribution in [1.29, 1.82) is 5.26 Å². The topological polar surface area (TPSA) is 74.1 Å². The molecule has 0 saturated carbocycles. The first-order chi connectivity index (χ1) is 9.45. The Morgan fingerprint density at radius 1 is 1.40 bits per heavy atom. The second-order valence-corrected chi connectivity index (χ2v) is 7.55. The van der Waals surface area contributed by atoms with Crippen LogP contribution >= 0.6 is 0 Å². The van der Waals surface area contributed by atoms with Crippen LogP contribution in [0.4, 0.5) is 0 Å². The van der Waals surface area contributed by atoms with Gasteiger partial charge in [-0.3, -0.25) is 4.98 Å². The fraction of sp³-hybridized carbons (Fsp3) is 0.571. The number of aryl methyl sites for hydroxylation is 1. The molecule has 0 bridgehead atoms. The molecule has 1 aromatic rings. The van der Waals surface area contributed by atoms with Crippen LogP contribution in [0.5, 0.6) is 0 Å². The van der Waals surface area contributed by atoms with Crippen LogP contribution < -0.4 is 0 Å². The van der Waals surface area contributed by atoms with Crippen molar-refractivity contribution in [3.63, 3.8) is 0 Å².